The number of fused-ring (bicyclic) bond motifs is 1. The Morgan fingerprint density at radius 1 is 0.976 bits per heavy atom. The molecule has 42 heavy (non-hydrogen) atoms. The molecule has 0 unspecified atom stereocenters. The van der Waals surface area contributed by atoms with Gasteiger partial charge in [-0.3, -0.25) is 4.79 Å². The first kappa shape index (κ1) is 30.9. The molecule has 0 aliphatic carbocycles. The van der Waals surface area contributed by atoms with Crippen molar-refractivity contribution < 1.29 is 39.5 Å². The van der Waals surface area contributed by atoms with Gasteiger partial charge in [0.25, 0.3) is 25.8 Å². The summed E-state index contributed by atoms with van der Waals surface area (Å²) < 4.78 is 99.0. The third kappa shape index (κ3) is 6.86. The van der Waals surface area contributed by atoms with E-state index in [1.165, 1.54) is 18.2 Å². The Labute approximate surface area is 240 Å². The number of aromatic nitrogens is 1. The van der Waals surface area contributed by atoms with Gasteiger partial charge in [0, 0.05) is 23.6 Å². The minimum Gasteiger partial charge on any atom is -0.457 e. The Hall–Kier alpha value is -4.08. The smallest absolute Gasteiger partial charge is 0.457 e. The van der Waals surface area contributed by atoms with Crippen molar-refractivity contribution in [2.75, 3.05) is 32.5 Å². The second-order valence-corrected chi connectivity index (χ2v) is 13.0. The van der Waals surface area contributed by atoms with Gasteiger partial charge in [0.05, 0.1) is 16.1 Å². The summed E-state index contributed by atoms with van der Waals surface area (Å²) in [4.78, 5) is 15.8. The highest BCUT2D eigenvalue weighted by Gasteiger charge is 2.48. The summed E-state index contributed by atoms with van der Waals surface area (Å²) in [7, 11) is -7.19. The zero-order chi connectivity index (χ0) is 30.7. The fraction of sp³-hybridized carbons (Fsp3) is 0.222. The minimum absolute atomic E-state index is 0.0118. The van der Waals surface area contributed by atoms with Gasteiger partial charge in [-0.1, -0.05) is 12.1 Å². The van der Waals surface area contributed by atoms with Crippen LogP contribution in [0.3, 0.4) is 0 Å². The molecular formula is C27H27F3N4O6S2. The number of alkyl halides is 3. The maximum atomic E-state index is 13.5. The number of aromatic amines is 1. The second-order valence-electron chi connectivity index (χ2n) is 9.45. The highest BCUT2D eigenvalue weighted by atomic mass is 32.2. The summed E-state index contributed by atoms with van der Waals surface area (Å²) in [5, 5.41) is 3.46. The number of ether oxygens (including phenoxy) is 1. The van der Waals surface area contributed by atoms with E-state index in [4.69, 9.17) is 4.74 Å². The number of hydrogen-bond donors (Lipinski definition) is 3. The van der Waals surface area contributed by atoms with Gasteiger partial charge < -0.3 is 19.9 Å². The lowest BCUT2D eigenvalue weighted by atomic mass is 10.2. The van der Waals surface area contributed by atoms with Crippen LogP contribution < -0.4 is 14.8 Å². The molecule has 0 aliphatic rings. The Bertz CT molecular complexity index is 1820. The number of halogens is 3. The average Bonchev–Trinajstić information content (AvgIpc) is 3.38. The quantitative estimate of drug-likeness (QED) is 0.204. The molecule has 0 spiro atoms. The highest BCUT2D eigenvalue weighted by molar-refractivity contribution is 7.92. The summed E-state index contributed by atoms with van der Waals surface area (Å²) in [6, 6.07) is 14.9. The SMILES string of the molecule is CN(C)CCCNc1ccc(S(=O)(=O)NC(=O)c2ccccc2Oc2ccc3[nH]ccc3c2)cc1S(=O)(=O)C(F)(F)F. The molecule has 1 amide bonds. The van der Waals surface area contributed by atoms with E-state index < -0.39 is 46.8 Å². The molecule has 0 aliphatic heterocycles. The summed E-state index contributed by atoms with van der Waals surface area (Å²) >= 11 is 0. The number of H-pyrrole nitrogens is 1. The molecule has 0 bridgehead atoms. The number of nitrogens with zero attached hydrogens (tertiary/aromatic N) is 1. The Balaban J connectivity index is 1.62. The molecule has 15 heteroatoms. The van der Waals surface area contributed by atoms with Crippen molar-refractivity contribution in [2.45, 2.75) is 21.7 Å². The van der Waals surface area contributed by atoms with Crippen LogP contribution in [0.5, 0.6) is 11.5 Å². The van der Waals surface area contributed by atoms with Gasteiger partial charge in [-0.2, -0.15) is 13.2 Å². The van der Waals surface area contributed by atoms with E-state index in [0.717, 1.165) is 23.0 Å². The van der Waals surface area contributed by atoms with Gasteiger partial charge in [-0.25, -0.2) is 21.6 Å². The Kier molecular flexibility index (Phi) is 8.84. The van der Waals surface area contributed by atoms with Gasteiger partial charge in [0.15, 0.2) is 0 Å². The molecule has 0 saturated heterocycles. The highest BCUT2D eigenvalue weighted by Crippen LogP contribution is 2.36. The lowest BCUT2D eigenvalue weighted by Gasteiger charge is -2.17. The number of amides is 1. The van der Waals surface area contributed by atoms with E-state index in [1.54, 1.807) is 49.3 Å². The predicted molar refractivity (Wildman–Crippen MR) is 151 cm³/mol. The maximum Gasteiger partial charge on any atom is 0.501 e. The third-order valence-electron chi connectivity index (χ3n) is 6.07. The first-order valence-electron chi connectivity index (χ1n) is 12.4. The zero-order valence-corrected chi connectivity index (χ0v) is 24.0. The van der Waals surface area contributed by atoms with Crippen LogP contribution in [0, 0.1) is 0 Å². The molecule has 1 aromatic heterocycles. The lowest BCUT2D eigenvalue weighted by Crippen LogP contribution is -2.31. The van der Waals surface area contributed by atoms with E-state index in [-0.39, 0.29) is 17.9 Å². The molecule has 4 rings (SSSR count). The van der Waals surface area contributed by atoms with Gasteiger partial charge in [-0.05, 0) is 81.7 Å². The van der Waals surface area contributed by atoms with E-state index >= 15 is 0 Å². The normalized spacial score (nSPS) is 12.4. The van der Waals surface area contributed by atoms with E-state index in [9.17, 15) is 34.8 Å². The number of nitrogens with one attached hydrogen (secondary N) is 3. The van der Waals surface area contributed by atoms with Crippen LogP contribution in [0.25, 0.3) is 10.9 Å². The van der Waals surface area contributed by atoms with E-state index in [1.807, 2.05) is 11.0 Å². The lowest BCUT2D eigenvalue weighted by molar-refractivity contribution is -0.0435. The molecule has 3 aromatic carbocycles. The number of carbonyl (C=O) groups is 1. The number of rotatable bonds is 11. The minimum atomic E-state index is -5.95. The summed E-state index contributed by atoms with van der Waals surface area (Å²) in [6.07, 6.45) is 2.20. The first-order chi connectivity index (χ1) is 19.7. The van der Waals surface area contributed by atoms with E-state index in [0.29, 0.717) is 24.8 Å². The van der Waals surface area contributed by atoms with Crippen LogP contribution in [0.15, 0.2) is 82.7 Å². The van der Waals surface area contributed by atoms with Crippen LogP contribution in [0.4, 0.5) is 18.9 Å². The van der Waals surface area contributed by atoms with Gasteiger partial charge in [0.1, 0.15) is 16.4 Å². The van der Waals surface area contributed by atoms with Crippen LogP contribution in [-0.2, 0) is 19.9 Å². The van der Waals surface area contributed by atoms with E-state index in [2.05, 4.69) is 10.3 Å². The molecule has 0 radical (unpaired) electrons. The average molecular weight is 625 g/mol. The van der Waals surface area contributed by atoms with Crippen molar-refractivity contribution in [1.82, 2.24) is 14.6 Å². The molecule has 0 fully saturated rings. The number of hydrogen-bond acceptors (Lipinski definition) is 8. The second kappa shape index (κ2) is 12.0. The third-order valence-corrected chi connectivity index (χ3v) is 8.92. The van der Waals surface area contributed by atoms with Crippen LogP contribution in [0.2, 0.25) is 0 Å². The Morgan fingerprint density at radius 3 is 2.43 bits per heavy atom. The monoisotopic (exact) mass is 624 g/mol. The van der Waals surface area contributed by atoms with Crippen molar-refractivity contribution >= 4 is 42.4 Å². The van der Waals surface area contributed by atoms with Crippen molar-refractivity contribution in [1.29, 1.82) is 0 Å². The van der Waals surface area contributed by atoms with Gasteiger partial charge >= 0.3 is 5.51 Å². The summed E-state index contributed by atoms with van der Waals surface area (Å²) in [5.74, 6) is -0.766. The van der Waals surface area contributed by atoms with Crippen LogP contribution in [0.1, 0.15) is 16.8 Å². The van der Waals surface area contributed by atoms with Crippen LogP contribution >= 0.6 is 0 Å². The van der Waals surface area contributed by atoms with Crippen LogP contribution in [-0.4, -0.2) is 65.3 Å². The molecule has 4 aromatic rings. The standard InChI is InChI=1S/C27H27F3N4O6S2/c1-34(2)15-5-13-31-23-11-9-20(17-25(23)41(36,37)27(28,29)30)42(38,39)33-26(35)21-6-3-4-7-24(21)40-19-8-10-22-18(16-19)12-14-32-22/h3-4,6-12,14,16-17,31-32H,5,13,15H2,1-2H3,(H,33,35). The fourth-order valence-electron chi connectivity index (χ4n) is 3.98. The maximum absolute atomic E-state index is 13.5. The van der Waals surface area contributed by atoms with Gasteiger partial charge in [-0.15, -0.1) is 0 Å². The number of para-hydroxylation sites is 1. The molecule has 1 heterocycles. The van der Waals surface area contributed by atoms with Gasteiger partial charge in [0.2, 0.25) is 0 Å². The first-order valence-corrected chi connectivity index (χ1v) is 15.4. The zero-order valence-electron chi connectivity index (χ0n) is 22.4. The molecular weight excluding hydrogens is 597 g/mol. The van der Waals surface area contributed by atoms with Crippen molar-refractivity contribution in [2.24, 2.45) is 0 Å². The molecule has 0 atom stereocenters. The topological polar surface area (TPSA) is 138 Å². The number of sulfonamides is 1. The fourth-order valence-corrected chi connectivity index (χ4v) is 6.01. The van der Waals surface area contributed by atoms with Crippen molar-refractivity contribution in [3.63, 3.8) is 0 Å². The number of carbonyl (C=O) groups excluding carboxylic acids is 1. The largest absolute Gasteiger partial charge is 0.501 e. The number of anilines is 1. The summed E-state index contributed by atoms with van der Waals surface area (Å²) in [6.45, 7) is 0.688. The predicted octanol–water partition coefficient (Wildman–Crippen LogP) is 4.74. The number of sulfone groups is 1. The molecule has 0 saturated carbocycles. The van der Waals surface area contributed by atoms with Crippen molar-refractivity contribution in [3.05, 3.63) is 78.5 Å². The van der Waals surface area contributed by atoms with Crippen molar-refractivity contribution in [3.8, 4) is 11.5 Å². The molecule has 224 valence electrons. The summed E-state index contributed by atoms with van der Waals surface area (Å²) in [5.41, 5.74) is -5.45. The Morgan fingerprint density at radius 2 is 1.71 bits per heavy atom. The number of benzene rings is 3. The molecule has 3 N–H and O–H groups in total. The molecule has 10 nitrogen and oxygen atoms in total.